The molecule has 0 spiro atoms. The Kier molecular flexibility index (Phi) is 6.45. The van der Waals surface area contributed by atoms with Crippen LogP contribution in [0.2, 0.25) is 0 Å². The van der Waals surface area contributed by atoms with Crippen molar-refractivity contribution in [2.24, 2.45) is 0 Å². The third-order valence-electron chi connectivity index (χ3n) is 0.893. The summed E-state index contributed by atoms with van der Waals surface area (Å²) in [6.07, 6.45) is 6.89. The lowest BCUT2D eigenvalue weighted by atomic mass is 10.2. The molecule has 0 unspecified atom stereocenters. The first-order chi connectivity index (χ1) is 3.91. The van der Waals surface area contributed by atoms with Crippen LogP contribution in [0.1, 0.15) is 19.3 Å². The topological polar surface area (TPSA) is 20.2 Å². The summed E-state index contributed by atoms with van der Waals surface area (Å²) in [6.45, 7) is 3.85. The lowest BCUT2D eigenvalue weighted by Gasteiger charge is -1.85. The molecule has 0 aliphatic carbocycles. The van der Waals surface area contributed by atoms with Crippen LogP contribution in [0.5, 0.6) is 0 Å². The molecule has 0 aliphatic rings. The van der Waals surface area contributed by atoms with Crippen molar-refractivity contribution < 1.29 is 5.11 Å². The van der Waals surface area contributed by atoms with E-state index in [1.807, 2.05) is 6.08 Å². The van der Waals surface area contributed by atoms with Gasteiger partial charge in [-0.3, -0.25) is 0 Å². The predicted octanol–water partition coefficient (Wildman–Crippen LogP) is 1.54. The minimum Gasteiger partial charge on any atom is -0.392 e. The van der Waals surface area contributed by atoms with E-state index in [-0.39, 0.29) is 6.61 Å². The number of hydrogen-bond acceptors (Lipinski definition) is 1. The molecule has 0 saturated carbocycles. The maximum absolute atomic E-state index is 8.26. The summed E-state index contributed by atoms with van der Waals surface area (Å²) in [4.78, 5) is 0. The molecule has 0 saturated heterocycles. The Morgan fingerprint density at radius 1 is 1.38 bits per heavy atom. The van der Waals surface area contributed by atoms with Gasteiger partial charge in [0.2, 0.25) is 0 Å². The zero-order valence-electron chi connectivity index (χ0n) is 5.14. The number of allylic oxidation sites excluding steroid dienone is 1. The molecule has 0 atom stereocenters. The fourth-order valence-electron chi connectivity index (χ4n) is 0.455. The second-order valence-electron chi connectivity index (χ2n) is 1.65. The van der Waals surface area contributed by atoms with E-state index in [1.165, 1.54) is 0 Å². The molecule has 1 radical (unpaired) electrons. The van der Waals surface area contributed by atoms with E-state index in [1.54, 1.807) is 6.08 Å². The van der Waals surface area contributed by atoms with E-state index in [0.29, 0.717) is 0 Å². The van der Waals surface area contributed by atoms with E-state index in [0.717, 1.165) is 19.3 Å². The van der Waals surface area contributed by atoms with Crippen molar-refractivity contribution in [2.45, 2.75) is 19.3 Å². The third kappa shape index (κ3) is 5.70. The van der Waals surface area contributed by atoms with Gasteiger partial charge in [-0.15, -0.1) is 0 Å². The minimum absolute atomic E-state index is 0.164. The molecule has 0 amide bonds. The first-order valence-electron chi connectivity index (χ1n) is 2.97. The second kappa shape index (κ2) is 6.70. The fraction of sp³-hybridized carbons (Fsp3) is 0.571. The molecule has 0 bridgehead atoms. The van der Waals surface area contributed by atoms with Crippen LogP contribution < -0.4 is 0 Å². The smallest absolute Gasteiger partial charge is 0.0612 e. The standard InChI is InChI=1S/C7H13O/c1-2-3-4-5-6-7-8/h5-6,8H,1-4,7H2. The lowest BCUT2D eigenvalue weighted by molar-refractivity contribution is 0.342. The van der Waals surface area contributed by atoms with E-state index in [9.17, 15) is 0 Å². The quantitative estimate of drug-likeness (QED) is 0.433. The van der Waals surface area contributed by atoms with Gasteiger partial charge in [0, 0.05) is 0 Å². The van der Waals surface area contributed by atoms with Crippen molar-refractivity contribution in [3.8, 4) is 0 Å². The van der Waals surface area contributed by atoms with Crippen LogP contribution in [0.15, 0.2) is 12.2 Å². The van der Waals surface area contributed by atoms with Crippen LogP contribution in [0.25, 0.3) is 0 Å². The van der Waals surface area contributed by atoms with Crippen LogP contribution in [-0.2, 0) is 0 Å². The molecule has 1 heteroatoms. The molecule has 8 heavy (non-hydrogen) atoms. The molecule has 0 aromatic carbocycles. The number of unbranched alkanes of at least 4 members (excludes halogenated alkanes) is 2. The van der Waals surface area contributed by atoms with Gasteiger partial charge in [0.25, 0.3) is 0 Å². The van der Waals surface area contributed by atoms with Crippen LogP contribution in [-0.4, -0.2) is 11.7 Å². The van der Waals surface area contributed by atoms with Gasteiger partial charge < -0.3 is 5.11 Å². The Morgan fingerprint density at radius 2 is 2.12 bits per heavy atom. The summed E-state index contributed by atoms with van der Waals surface area (Å²) in [5.74, 6) is 0. The minimum atomic E-state index is 0.164. The molecule has 0 heterocycles. The van der Waals surface area contributed by atoms with Crippen LogP contribution >= 0.6 is 0 Å². The Morgan fingerprint density at radius 3 is 2.62 bits per heavy atom. The Hall–Kier alpha value is -0.300. The largest absolute Gasteiger partial charge is 0.392 e. The van der Waals surface area contributed by atoms with Crippen LogP contribution in [0.4, 0.5) is 0 Å². The number of rotatable bonds is 4. The van der Waals surface area contributed by atoms with Gasteiger partial charge in [-0.2, -0.15) is 0 Å². The Labute approximate surface area is 51.0 Å². The van der Waals surface area contributed by atoms with E-state index < -0.39 is 0 Å². The third-order valence-corrected chi connectivity index (χ3v) is 0.893. The zero-order valence-corrected chi connectivity index (χ0v) is 5.14. The molecule has 0 fully saturated rings. The highest BCUT2D eigenvalue weighted by atomic mass is 16.2. The molecule has 0 aromatic heterocycles. The van der Waals surface area contributed by atoms with E-state index in [4.69, 9.17) is 5.11 Å². The van der Waals surface area contributed by atoms with Gasteiger partial charge in [-0.1, -0.05) is 25.5 Å². The second-order valence-corrected chi connectivity index (χ2v) is 1.65. The first-order valence-corrected chi connectivity index (χ1v) is 2.97. The fourth-order valence-corrected chi connectivity index (χ4v) is 0.455. The van der Waals surface area contributed by atoms with Crippen molar-refractivity contribution in [2.75, 3.05) is 6.61 Å². The average molecular weight is 113 g/mol. The summed E-state index contributed by atoms with van der Waals surface area (Å²) in [5, 5.41) is 8.26. The lowest BCUT2D eigenvalue weighted by Crippen LogP contribution is -1.71. The molecular weight excluding hydrogens is 100 g/mol. The van der Waals surface area contributed by atoms with E-state index in [2.05, 4.69) is 6.92 Å². The number of hydrogen-bond donors (Lipinski definition) is 1. The zero-order chi connectivity index (χ0) is 6.24. The van der Waals surface area contributed by atoms with Crippen LogP contribution in [0.3, 0.4) is 0 Å². The van der Waals surface area contributed by atoms with Gasteiger partial charge in [0.1, 0.15) is 0 Å². The van der Waals surface area contributed by atoms with Gasteiger partial charge >= 0.3 is 0 Å². The SMILES string of the molecule is [CH2]CCCC=CCO. The van der Waals surface area contributed by atoms with Crippen molar-refractivity contribution in [3.63, 3.8) is 0 Å². The molecule has 47 valence electrons. The predicted molar refractivity (Wildman–Crippen MR) is 35.4 cm³/mol. The highest BCUT2D eigenvalue weighted by Gasteiger charge is 1.75. The monoisotopic (exact) mass is 113 g/mol. The van der Waals surface area contributed by atoms with Crippen molar-refractivity contribution in [1.82, 2.24) is 0 Å². The highest BCUT2D eigenvalue weighted by molar-refractivity contribution is 4.80. The van der Waals surface area contributed by atoms with Crippen molar-refractivity contribution in [1.29, 1.82) is 0 Å². The molecule has 0 aromatic rings. The van der Waals surface area contributed by atoms with Crippen LogP contribution in [0, 0.1) is 6.92 Å². The van der Waals surface area contributed by atoms with Gasteiger partial charge in [0.05, 0.1) is 6.61 Å². The van der Waals surface area contributed by atoms with Gasteiger partial charge in [0.15, 0.2) is 0 Å². The summed E-state index contributed by atoms with van der Waals surface area (Å²) in [7, 11) is 0. The van der Waals surface area contributed by atoms with Gasteiger partial charge in [-0.05, 0) is 12.8 Å². The maximum atomic E-state index is 8.26. The molecule has 1 nitrogen and oxygen atoms in total. The molecule has 0 aliphatic heterocycles. The molecule has 0 rings (SSSR count). The number of aliphatic hydroxyl groups is 1. The van der Waals surface area contributed by atoms with Crippen molar-refractivity contribution in [3.05, 3.63) is 19.1 Å². The first kappa shape index (κ1) is 7.70. The van der Waals surface area contributed by atoms with Crippen molar-refractivity contribution >= 4 is 0 Å². The average Bonchev–Trinajstić information content (AvgIpc) is 1.81. The summed E-state index contributed by atoms with van der Waals surface area (Å²) in [6, 6.07) is 0. The number of aliphatic hydroxyl groups excluding tert-OH is 1. The summed E-state index contributed by atoms with van der Waals surface area (Å²) < 4.78 is 0. The summed E-state index contributed by atoms with van der Waals surface area (Å²) >= 11 is 0. The Bertz CT molecular complexity index is 57.4. The normalized spacial score (nSPS) is 10.8. The maximum Gasteiger partial charge on any atom is 0.0612 e. The van der Waals surface area contributed by atoms with E-state index >= 15 is 0 Å². The molecular formula is C7H13O. The molecule has 1 N–H and O–H groups in total. The highest BCUT2D eigenvalue weighted by Crippen LogP contribution is 1.93. The van der Waals surface area contributed by atoms with Gasteiger partial charge in [-0.25, -0.2) is 0 Å². The Balaban J connectivity index is 2.80. The summed E-state index contributed by atoms with van der Waals surface area (Å²) in [5.41, 5.74) is 0.